The van der Waals surface area contributed by atoms with E-state index in [0.29, 0.717) is 39.9 Å². The van der Waals surface area contributed by atoms with Gasteiger partial charge in [0.1, 0.15) is 0 Å². The second kappa shape index (κ2) is 7.35. The van der Waals surface area contributed by atoms with Crippen molar-refractivity contribution in [1.29, 1.82) is 0 Å². The van der Waals surface area contributed by atoms with Crippen LogP contribution in [0.2, 0.25) is 0 Å². The van der Waals surface area contributed by atoms with Gasteiger partial charge in [-0.1, -0.05) is 54.5 Å². The number of hydrogen-bond acceptors (Lipinski definition) is 1. The molecule has 4 aliphatic carbocycles. The van der Waals surface area contributed by atoms with Crippen molar-refractivity contribution in [3.8, 4) is 0 Å². The molecular formula is C30H50O2. The van der Waals surface area contributed by atoms with Crippen molar-refractivity contribution >= 4 is 5.97 Å². The van der Waals surface area contributed by atoms with Crippen molar-refractivity contribution in [2.24, 2.45) is 50.2 Å². The molecule has 0 aliphatic heterocycles. The third-order valence-corrected chi connectivity index (χ3v) is 12.7. The van der Waals surface area contributed by atoms with Crippen LogP contribution < -0.4 is 0 Å². The standard InChI is InChI=1S/C30H50O2/c1-9-26(4)13-12-22-28(6,21(26)10-11-24(31)32)17-19-30(8)23-20-25(2,3)14-15-27(23,5)16-18-29(22,30)7/h9,21-23H,1,10-20H2,2-8H3,(H,31,32)/t21-,22-,23-,26+,27-,28+,29-,30+/m1/s1. The highest BCUT2D eigenvalue weighted by atomic mass is 16.4. The lowest BCUT2D eigenvalue weighted by Crippen LogP contribution is -2.66. The largest absolute Gasteiger partial charge is 0.481 e. The van der Waals surface area contributed by atoms with Crippen LogP contribution in [0.3, 0.4) is 0 Å². The molecule has 4 fully saturated rings. The summed E-state index contributed by atoms with van der Waals surface area (Å²) in [6.45, 7) is 22.2. The number of aliphatic carboxylic acids is 1. The highest BCUT2D eigenvalue weighted by Gasteiger charge is 2.69. The molecule has 0 heterocycles. The Balaban J connectivity index is 1.74. The van der Waals surface area contributed by atoms with Crippen LogP contribution in [0.4, 0.5) is 0 Å². The fourth-order valence-electron chi connectivity index (χ4n) is 10.3. The van der Waals surface area contributed by atoms with Crippen molar-refractivity contribution in [3.63, 3.8) is 0 Å². The summed E-state index contributed by atoms with van der Waals surface area (Å²) in [6, 6.07) is 0. The van der Waals surface area contributed by atoms with Crippen LogP contribution in [0.15, 0.2) is 12.7 Å². The summed E-state index contributed by atoms with van der Waals surface area (Å²) < 4.78 is 0. The van der Waals surface area contributed by atoms with E-state index in [-0.39, 0.29) is 10.8 Å². The lowest BCUT2D eigenvalue weighted by molar-refractivity contribution is -0.247. The first-order chi connectivity index (χ1) is 14.7. The van der Waals surface area contributed by atoms with Crippen LogP contribution in [0, 0.1) is 50.2 Å². The van der Waals surface area contributed by atoms with Gasteiger partial charge in [0.2, 0.25) is 0 Å². The smallest absolute Gasteiger partial charge is 0.303 e. The highest BCUT2D eigenvalue weighted by Crippen LogP contribution is 2.77. The molecule has 4 aliphatic rings. The number of carboxylic acid groups (broad SMARTS) is 1. The van der Waals surface area contributed by atoms with E-state index in [4.69, 9.17) is 0 Å². The molecule has 0 unspecified atom stereocenters. The van der Waals surface area contributed by atoms with Gasteiger partial charge in [0.05, 0.1) is 0 Å². The second-order valence-corrected chi connectivity index (χ2v) is 14.7. The van der Waals surface area contributed by atoms with Crippen molar-refractivity contribution in [2.45, 2.75) is 119 Å². The van der Waals surface area contributed by atoms with Gasteiger partial charge in [0.25, 0.3) is 0 Å². The average Bonchev–Trinajstić information content (AvgIpc) is 2.70. The number of hydrogen-bond donors (Lipinski definition) is 1. The van der Waals surface area contributed by atoms with Crippen LogP contribution >= 0.6 is 0 Å². The molecule has 0 aromatic heterocycles. The Morgan fingerprint density at radius 1 is 0.875 bits per heavy atom. The van der Waals surface area contributed by atoms with E-state index in [2.05, 4.69) is 61.1 Å². The lowest BCUT2D eigenvalue weighted by Gasteiger charge is -2.74. The zero-order valence-electron chi connectivity index (χ0n) is 22.2. The Kier molecular flexibility index (Phi) is 5.59. The molecule has 2 heteroatoms. The maximum Gasteiger partial charge on any atom is 0.303 e. The van der Waals surface area contributed by atoms with Crippen molar-refractivity contribution in [3.05, 3.63) is 12.7 Å². The molecule has 0 saturated heterocycles. The van der Waals surface area contributed by atoms with Crippen LogP contribution in [-0.4, -0.2) is 11.1 Å². The molecule has 32 heavy (non-hydrogen) atoms. The summed E-state index contributed by atoms with van der Waals surface area (Å²) in [7, 11) is 0. The van der Waals surface area contributed by atoms with E-state index in [0.717, 1.165) is 12.3 Å². The minimum Gasteiger partial charge on any atom is -0.481 e. The van der Waals surface area contributed by atoms with E-state index in [1.54, 1.807) is 0 Å². The van der Waals surface area contributed by atoms with Crippen molar-refractivity contribution in [1.82, 2.24) is 0 Å². The Bertz CT molecular complexity index is 784. The predicted molar refractivity (Wildman–Crippen MR) is 133 cm³/mol. The van der Waals surface area contributed by atoms with Crippen LogP contribution in [0.1, 0.15) is 119 Å². The lowest BCUT2D eigenvalue weighted by atomic mass is 9.31. The molecule has 0 spiro atoms. The number of rotatable bonds is 4. The zero-order valence-corrected chi connectivity index (χ0v) is 22.2. The average molecular weight is 443 g/mol. The van der Waals surface area contributed by atoms with Crippen LogP contribution in [-0.2, 0) is 4.79 Å². The van der Waals surface area contributed by atoms with Gasteiger partial charge in [-0.2, -0.15) is 0 Å². The summed E-state index contributed by atoms with van der Waals surface area (Å²) >= 11 is 0. The molecule has 1 N–H and O–H groups in total. The molecule has 0 bridgehead atoms. The van der Waals surface area contributed by atoms with E-state index in [9.17, 15) is 9.90 Å². The fourth-order valence-corrected chi connectivity index (χ4v) is 10.3. The van der Waals surface area contributed by atoms with Gasteiger partial charge in [-0.05, 0) is 114 Å². The first kappa shape index (κ1) is 24.3. The monoisotopic (exact) mass is 442 g/mol. The number of carbonyl (C=O) groups is 1. The number of carboxylic acids is 1. The van der Waals surface area contributed by atoms with Gasteiger partial charge in [-0.25, -0.2) is 0 Å². The van der Waals surface area contributed by atoms with Crippen LogP contribution in [0.25, 0.3) is 0 Å². The summed E-state index contributed by atoms with van der Waals surface area (Å²) in [4.78, 5) is 11.6. The minimum absolute atomic E-state index is 0.0564. The number of fused-ring (bicyclic) bond motifs is 5. The van der Waals surface area contributed by atoms with Crippen LogP contribution in [0.5, 0.6) is 0 Å². The summed E-state index contributed by atoms with van der Waals surface area (Å²) in [5, 5.41) is 9.53. The molecule has 0 aromatic rings. The summed E-state index contributed by atoms with van der Waals surface area (Å²) in [5.41, 5.74) is 1.97. The molecule has 4 saturated carbocycles. The quantitative estimate of drug-likeness (QED) is 0.443. The van der Waals surface area contributed by atoms with Gasteiger partial charge in [-0.15, -0.1) is 6.58 Å². The molecule has 182 valence electrons. The molecular weight excluding hydrogens is 392 g/mol. The van der Waals surface area contributed by atoms with Crippen molar-refractivity contribution in [2.75, 3.05) is 0 Å². The minimum atomic E-state index is -0.646. The van der Waals surface area contributed by atoms with E-state index < -0.39 is 5.97 Å². The van der Waals surface area contributed by atoms with Gasteiger partial charge >= 0.3 is 5.97 Å². The topological polar surface area (TPSA) is 37.3 Å². The SMILES string of the molecule is C=C[C@@]1(C)CC[C@@H]2[C@@](C)(CC[C@@]3(C)[C@@H]4CC(C)(C)CC[C@]4(C)CC[C@]23C)[C@@H]1CCC(=O)O. The Labute approximate surface area is 198 Å². The van der Waals surface area contributed by atoms with Gasteiger partial charge in [0, 0.05) is 6.42 Å². The maximum absolute atomic E-state index is 11.6. The third-order valence-electron chi connectivity index (χ3n) is 12.7. The Hall–Kier alpha value is -0.790. The molecule has 2 nitrogen and oxygen atoms in total. The first-order valence-electron chi connectivity index (χ1n) is 13.5. The first-order valence-corrected chi connectivity index (χ1v) is 13.5. The molecule has 0 aromatic carbocycles. The van der Waals surface area contributed by atoms with Gasteiger partial charge < -0.3 is 5.11 Å². The van der Waals surface area contributed by atoms with E-state index in [1.165, 1.54) is 57.8 Å². The molecule has 0 radical (unpaired) electrons. The maximum atomic E-state index is 11.6. The van der Waals surface area contributed by atoms with Gasteiger partial charge in [-0.3, -0.25) is 4.79 Å². The molecule has 0 amide bonds. The van der Waals surface area contributed by atoms with Gasteiger partial charge in [0.15, 0.2) is 0 Å². The fraction of sp³-hybridized carbons (Fsp3) is 0.900. The molecule has 4 rings (SSSR count). The second-order valence-electron chi connectivity index (χ2n) is 14.7. The summed E-state index contributed by atoms with van der Waals surface area (Å²) in [5.74, 6) is 1.27. The third kappa shape index (κ3) is 3.28. The summed E-state index contributed by atoms with van der Waals surface area (Å²) in [6.07, 6.45) is 15.2. The molecule has 8 atom stereocenters. The normalized spacial score (nSPS) is 52.3. The Morgan fingerprint density at radius 2 is 1.47 bits per heavy atom. The van der Waals surface area contributed by atoms with Crippen molar-refractivity contribution < 1.29 is 9.90 Å². The van der Waals surface area contributed by atoms with E-state index >= 15 is 0 Å². The highest BCUT2D eigenvalue weighted by molar-refractivity contribution is 5.66. The van der Waals surface area contributed by atoms with E-state index in [1.807, 2.05) is 0 Å². The predicted octanol–water partition coefficient (Wildman–Crippen LogP) is 8.51. The number of allylic oxidation sites excluding steroid dienone is 1. The Morgan fingerprint density at radius 3 is 2.09 bits per heavy atom. The zero-order chi connectivity index (χ0) is 23.8.